The molecule has 1 aromatic carbocycles. The lowest BCUT2D eigenvalue weighted by Gasteiger charge is -2.39. The number of hydrogen-bond acceptors (Lipinski definition) is 8. The van der Waals surface area contributed by atoms with Crippen LogP contribution < -0.4 is 5.32 Å². The molecule has 10 nitrogen and oxygen atoms in total. The van der Waals surface area contributed by atoms with Gasteiger partial charge in [-0.2, -0.15) is 0 Å². The number of non-ortho nitro benzene ring substituents is 1. The molecule has 0 spiro atoms. The summed E-state index contributed by atoms with van der Waals surface area (Å²) in [5, 5.41) is 42.4. The van der Waals surface area contributed by atoms with E-state index in [-0.39, 0.29) is 12.2 Å². The van der Waals surface area contributed by atoms with Gasteiger partial charge in [0.1, 0.15) is 24.4 Å². The first-order valence-electron chi connectivity index (χ1n) is 7.76. The predicted molar refractivity (Wildman–Crippen MR) is 88.8 cm³/mol. The Labute approximate surface area is 148 Å². The van der Waals surface area contributed by atoms with Crippen LogP contribution in [0.25, 0.3) is 6.08 Å². The van der Waals surface area contributed by atoms with Gasteiger partial charge in [0.15, 0.2) is 6.29 Å². The Bertz CT molecular complexity index is 661. The van der Waals surface area contributed by atoms with E-state index in [0.29, 0.717) is 5.56 Å². The van der Waals surface area contributed by atoms with Gasteiger partial charge in [0.2, 0.25) is 5.91 Å². The Kier molecular flexibility index (Phi) is 6.77. The molecular formula is C16H20N2O8. The highest BCUT2D eigenvalue weighted by atomic mass is 16.7. The lowest BCUT2D eigenvalue weighted by Crippen LogP contribution is -2.60. The number of hydrogen-bond donors (Lipinski definition) is 4. The molecule has 1 aliphatic rings. The van der Waals surface area contributed by atoms with Gasteiger partial charge in [0, 0.05) is 31.9 Å². The highest BCUT2D eigenvalue weighted by Gasteiger charge is 2.43. The third kappa shape index (κ3) is 4.84. The molecule has 142 valence electrons. The molecule has 1 heterocycles. The van der Waals surface area contributed by atoms with Gasteiger partial charge in [-0.25, -0.2) is 0 Å². The number of methoxy groups -OCH3 is 1. The van der Waals surface area contributed by atoms with Crippen LogP contribution in [0.5, 0.6) is 0 Å². The second kappa shape index (κ2) is 8.83. The Morgan fingerprint density at radius 1 is 1.27 bits per heavy atom. The van der Waals surface area contributed by atoms with E-state index in [9.17, 15) is 30.2 Å². The molecule has 1 amide bonds. The maximum absolute atomic E-state index is 11.9. The number of benzene rings is 1. The number of aliphatic hydroxyl groups is 3. The number of nitrogens with zero attached hydrogens (tertiary/aromatic N) is 1. The molecule has 4 N–H and O–H groups in total. The van der Waals surface area contributed by atoms with Gasteiger partial charge in [-0.15, -0.1) is 0 Å². The quantitative estimate of drug-likeness (QED) is 0.289. The van der Waals surface area contributed by atoms with Gasteiger partial charge in [-0.3, -0.25) is 14.9 Å². The zero-order valence-corrected chi connectivity index (χ0v) is 13.9. The first-order chi connectivity index (χ1) is 12.3. The molecule has 0 saturated carbocycles. The van der Waals surface area contributed by atoms with E-state index < -0.39 is 41.5 Å². The largest absolute Gasteiger partial charge is 0.388 e. The normalized spacial score (nSPS) is 28.8. The molecule has 1 saturated heterocycles. The lowest BCUT2D eigenvalue weighted by atomic mass is 9.99. The molecule has 0 radical (unpaired) electrons. The number of carbonyl (C=O) groups is 1. The van der Waals surface area contributed by atoms with E-state index in [1.807, 2.05) is 0 Å². The SMILES string of the molecule is CO[C@H]1O[C@H](CNC(=O)C=Cc2ccc([N+](=O)[O-])cc2)[C@@H](O)[C@H](O)[C@@H]1O. The van der Waals surface area contributed by atoms with Crippen molar-refractivity contribution in [2.75, 3.05) is 13.7 Å². The third-order valence-corrected chi connectivity index (χ3v) is 3.91. The van der Waals surface area contributed by atoms with Crippen molar-refractivity contribution in [3.63, 3.8) is 0 Å². The molecular weight excluding hydrogens is 348 g/mol. The van der Waals surface area contributed by atoms with Crippen LogP contribution in [0.2, 0.25) is 0 Å². The molecule has 26 heavy (non-hydrogen) atoms. The molecule has 0 aliphatic carbocycles. The summed E-state index contributed by atoms with van der Waals surface area (Å²) in [7, 11) is 1.28. The average molecular weight is 368 g/mol. The fourth-order valence-corrected chi connectivity index (χ4v) is 2.42. The minimum absolute atomic E-state index is 0.0523. The highest BCUT2D eigenvalue weighted by molar-refractivity contribution is 5.91. The summed E-state index contributed by atoms with van der Waals surface area (Å²) in [6.07, 6.45) is -3.66. The minimum Gasteiger partial charge on any atom is -0.388 e. The van der Waals surface area contributed by atoms with E-state index in [2.05, 4.69) is 5.32 Å². The Morgan fingerprint density at radius 3 is 2.50 bits per heavy atom. The van der Waals surface area contributed by atoms with Gasteiger partial charge in [-0.1, -0.05) is 0 Å². The molecule has 1 fully saturated rings. The number of amides is 1. The van der Waals surface area contributed by atoms with E-state index in [0.717, 1.165) is 0 Å². The Morgan fingerprint density at radius 2 is 1.92 bits per heavy atom. The van der Waals surface area contributed by atoms with Gasteiger partial charge in [-0.05, 0) is 23.8 Å². The maximum atomic E-state index is 11.9. The summed E-state index contributed by atoms with van der Waals surface area (Å²) in [4.78, 5) is 21.9. The number of rotatable bonds is 6. The molecule has 1 aliphatic heterocycles. The summed E-state index contributed by atoms with van der Waals surface area (Å²) in [6, 6.07) is 5.64. The van der Waals surface area contributed by atoms with Crippen molar-refractivity contribution in [1.82, 2.24) is 5.32 Å². The van der Waals surface area contributed by atoms with Crippen LogP contribution in [0.1, 0.15) is 5.56 Å². The van der Waals surface area contributed by atoms with Crippen LogP contribution in [0.4, 0.5) is 5.69 Å². The summed E-state index contributed by atoms with van der Waals surface area (Å²) in [5.41, 5.74) is 0.543. The fraction of sp³-hybridized carbons (Fsp3) is 0.438. The van der Waals surface area contributed by atoms with E-state index in [4.69, 9.17) is 9.47 Å². The monoisotopic (exact) mass is 368 g/mol. The fourth-order valence-electron chi connectivity index (χ4n) is 2.42. The van der Waals surface area contributed by atoms with Gasteiger partial charge in [0.05, 0.1) is 4.92 Å². The van der Waals surface area contributed by atoms with Gasteiger partial charge >= 0.3 is 0 Å². The second-order valence-electron chi connectivity index (χ2n) is 5.68. The zero-order chi connectivity index (χ0) is 19.3. The van der Waals surface area contributed by atoms with Gasteiger partial charge in [0.25, 0.3) is 5.69 Å². The number of ether oxygens (including phenoxy) is 2. The number of nitrogens with one attached hydrogen (secondary N) is 1. The molecule has 0 unspecified atom stereocenters. The average Bonchev–Trinajstić information content (AvgIpc) is 2.64. The number of nitro benzene ring substituents is 1. The second-order valence-corrected chi connectivity index (χ2v) is 5.68. The van der Waals surface area contributed by atoms with E-state index in [1.165, 1.54) is 43.5 Å². The Balaban J connectivity index is 1.88. The van der Waals surface area contributed by atoms with Crippen LogP contribution >= 0.6 is 0 Å². The third-order valence-electron chi connectivity index (χ3n) is 3.91. The van der Waals surface area contributed by atoms with Crippen molar-refractivity contribution in [1.29, 1.82) is 0 Å². The minimum atomic E-state index is -1.47. The van der Waals surface area contributed by atoms with Gasteiger partial charge < -0.3 is 30.1 Å². The molecule has 5 atom stereocenters. The first-order valence-corrected chi connectivity index (χ1v) is 7.76. The number of carbonyl (C=O) groups excluding carboxylic acids is 1. The van der Waals surface area contributed by atoms with Crippen molar-refractivity contribution in [3.05, 3.63) is 46.0 Å². The van der Waals surface area contributed by atoms with Crippen LogP contribution in [-0.2, 0) is 14.3 Å². The maximum Gasteiger partial charge on any atom is 0.269 e. The Hall–Kier alpha value is -2.37. The van der Waals surface area contributed by atoms with Crippen molar-refractivity contribution < 1.29 is 34.5 Å². The molecule has 0 bridgehead atoms. The van der Waals surface area contributed by atoms with Crippen molar-refractivity contribution in [2.45, 2.75) is 30.7 Å². The summed E-state index contributed by atoms with van der Waals surface area (Å²) in [6.45, 7) is -0.117. The van der Waals surface area contributed by atoms with E-state index in [1.54, 1.807) is 0 Å². The summed E-state index contributed by atoms with van der Waals surface area (Å²) >= 11 is 0. The summed E-state index contributed by atoms with van der Waals surface area (Å²) in [5.74, 6) is -0.492. The standard InChI is InChI=1S/C16H20N2O8/c1-25-16-15(22)14(21)13(20)11(26-16)8-17-12(19)7-4-9-2-5-10(6-3-9)18(23)24/h2-7,11,13-16,20-22H,8H2,1H3,(H,17,19)/t11-,13-,14+,15+,16+/m1/s1. The topological polar surface area (TPSA) is 151 Å². The van der Waals surface area contributed by atoms with Crippen LogP contribution in [0.15, 0.2) is 30.3 Å². The van der Waals surface area contributed by atoms with Crippen molar-refractivity contribution in [2.24, 2.45) is 0 Å². The predicted octanol–water partition coefficient (Wildman–Crippen LogP) is -0.822. The number of aliphatic hydroxyl groups excluding tert-OH is 3. The van der Waals surface area contributed by atoms with E-state index >= 15 is 0 Å². The van der Waals surface area contributed by atoms with Crippen LogP contribution in [0, 0.1) is 10.1 Å². The van der Waals surface area contributed by atoms with Crippen molar-refractivity contribution in [3.8, 4) is 0 Å². The molecule has 1 aromatic rings. The first kappa shape index (κ1) is 19.9. The lowest BCUT2D eigenvalue weighted by molar-refractivity contribution is -0.384. The molecule has 0 aromatic heterocycles. The highest BCUT2D eigenvalue weighted by Crippen LogP contribution is 2.21. The molecule has 2 rings (SSSR count). The van der Waals surface area contributed by atoms with Crippen molar-refractivity contribution >= 4 is 17.7 Å². The summed E-state index contributed by atoms with van der Waals surface area (Å²) < 4.78 is 10.2. The van der Waals surface area contributed by atoms with Crippen LogP contribution in [0.3, 0.4) is 0 Å². The number of nitro groups is 1. The van der Waals surface area contributed by atoms with Crippen LogP contribution in [-0.4, -0.2) is 70.5 Å². The smallest absolute Gasteiger partial charge is 0.269 e. The molecule has 10 heteroatoms. The zero-order valence-electron chi connectivity index (χ0n) is 13.9.